The summed E-state index contributed by atoms with van der Waals surface area (Å²) in [6.45, 7) is 6.62. The molecule has 3 aliphatic rings. The van der Waals surface area contributed by atoms with Gasteiger partial charge >= 0.3 is 0 Å². The van der Waals surface area contributed by atoms with Gasteiger partial charge in [0.2, 0.25) is 0 Å². The zero-order valence-electron chi connectivity index (χ0n) is 17.1. The van der Waals surface area contributed by atoms with Crippen molar-refractivity contribution in [1.29, 1.82) is 0 Å². The summed E-state index contributed by atoms with van der Waals surface area (Å²) < 4.78 is 2.44. The Labute approximate surface area is 171 Å². The second-order valence-electron chi connectivity index (χ2n) is 8.67. The van der Waals surface area contributed by atoms with Crippen LogP contribution in [0.2, 0.25) is 0 Å². The normalized spacial score (nSPS) is 21.1. The van der Waals surface area contributed by atoms with Crippen LogP contribution >= 0.6 is 0 Å². The van der Waals surface area contributed by atoms with E-state index in [4.69, 9.17) is 0 Å². The van der Waals surface area contributed by atoms with E-state index < -0.39 is 0 Å². The van der Waals surface area contributed by atoms with Crippen LogP contribution in [0, 0.1) is 6.92 Å². The molecule has 0 unspecified atom stereocenters. The van der Waals surface area contributed by atoms with Crippen molar-refractivity contribution in [3.8, 4) is 0 Å². The average molecular weight is 396 g/mol. The van der Waals surface area contributed by atoms with Crippen molar-refractivity contribution < 1.29 is 4.79 Å². The zero-order chi connectivity index (χ0) is 19.8. The lowest BCUT2D eigenvalue weighted by atomic mass is 9.95. The highest BCUT2D eigenvalue weighted by Crippen LogP contribution is 2.40. The molecule has 1 saturated carbocycles. The lowest BCUT2D eigenvalue weighted by Gasteiger charge is -2.31. The highest BCUT2D eigenvalue weighted by atomic mass is 16.2. The van der Waals surface area contributed by atoms with Gasteiger partial charge in [0.05, 0.1) is 18.4 Å². The Bertz CT molecular complexity index is 860. The number of hydrogen-bond acceptors (Lipinski definition) is 6. The van der Waals surface area contributed by atoms with Gasteiger partial charge in [0, 0.05) is 31.2 Å². The Kier molecular flexibility index (Phi) is 5.03. The number of aryl methyl sites for hydroxylation is 1. The Balaban J connectivity index is 1.26. The third-order valence-electron chi connectivity index (χ3n) is 6.42. The summed E-state index contributed by atoms with van der Waals surface area (Å²) in [6.07, 6.45) is 10.2. The summed E-state index contributed by atoms with van der Waals surface area (Å²) in [5, 5.41) is 9.24. The van der Waals surface area contributed by atoms with Gasteiger partial charge in [0.25, 0.3) is 5.91 Å². The maximum atomic E-state index is 12.7. The van der Waals surface area contributed by atoms with Gasteiger partial charge in [-0.2, -0.15) is 0 Å². The summed E-state index contributed by atoms with van der Waals surface area (Å²) in [6, 6.07) is 0.583. The summed E-state index contributed by atoms with van der Waals surface area (Å²) in [5.41, 5.74) is 1.26. The average Bonchev–Trinajstić information content (AvgIpc) is 3.29. The first kappa shape index (κ1) is 18.7. The first-order chi connectivity index (χ1) is 14.2. The van der Waals surface area contributed by atoms with Crippen LogP contribution in [-0.2, 0) is 6.54 Å². The molecule has 29 heavy (non-hydrogen) atoms. The number of amides is 1. The fourth-order valence-electron chi connectivity index (χ4n) is 4.60. The molecule has 2 aromatic rings. The predicted octanol–water partition coefficient (Wildman–Crippen LogP) is 2.33. The molecular weight excluding hydrogens is 366 g/mol. The van der Waals surface area contributed by atoms with E-state index in [1.54, 1.807) is 12.4 Å². The Hall–Kier alpha value is -2.35. The number of carbonyl (C=O) groups is 1. The summed E-state index contributed by atoms with van der Waals surface area (Å²) in [7, 11) is 0. The van der Waals surface area contributed by atoms with Gasteiger partial charge in [-0.3, -0.25) is 14.7 Å². The molecule has 2 saturated heterocycles. The van der Waals surface area contributed by atoms with Crippen molar-refractivity contribution in [2.75, 3.05) is 26.2 Å². The van der Waals surface area contributed by atoms with E-state index in [0.29, 0.717) is 17.7 Å². The summed E-state index contributed by atoms with van der Waals surface area (Å²) in [5.74, 6) is 2.64. The van der Waals surface area contributed by atoms with E-state index in [-0.39, 0.29) is 5.91 Å². The molecule has 2 aliphatic heterocycles. The molecule has 0 aromatic carbocycles. The van der Waals surface area contributed by atoms with Crippen LogP contribution in [0.15, 0.2) is 12.4 Å². The van der Waals surface area contributed by atoms with Crippen molar-refractivity contribution in [3.63, 3.8) is 0 Å². The largest absolute Gasteiger partial charge is 0.337 e. The lowest BCUT2D eigenvalue weighted by Crippen LogP contribution is -2.38. The van der Waals surface area contributed by atoms with Crippen molar-refractivity contribution in [2.45, 2.75) is 64.0 Å². The van der Waals surface area contributed by atoms with Crippen molar-refractivity contribution >= 4 is 5.91 Å². The molecular formula is C21H29N7O. The van der Waals surface area contributed by atoms with Crippen molar-refractivity contribution in [3.05, 3.63) is 35.4 Å². The molecule has 4 heterocycles. The minimum absolute atomic E-state index is 0.0191. The standard InChI is InChI=1S/C21H29N7O/c1-15-12-23-18(13-22-15)21(29)27-10-6-16(7-11-27)20-25-24-19(28(20)17-4-5-17)14-26-8-2-3-9-26/h12-13,16-17H,2-11,14H2,1H3. The second-order valence-corrected chi connectivity index (χ2v) is 8.67. The second kappa shape index (κ2) is 7.82. The van der Waals surface area contributed by atoms with Crippen molar-refractivity contribution in [2.24, 2.45) is 0 Å². The van der Waals surface area contributed by atoms with Crippen LogP contribution in [0.4, 0.5) is 0 Å². The number of nitrogens with zero attached hydrogens (tertiary/aromatic N) is 7. The van der Waals surface area contributed by atoms with Crippen LogP contribution in [0.5, 0.6) is 0 Å². The molecule has 0 bridgehead atoms. The maximum Gasteiger partial charge on any atom is 0.274 e. The monoisotopic (exact) mass is 395 g/mol. The van der Waals surface area contributed by atoms with Crippen LogP contribution < -0.4 is 0 Å². The van der Waals surface area contributed by atoms with Gasteiger partial charge in [0.1, 0.15) is 17.3 Å². The predicted molar refractivity (Wildman–Crippen MR) is 107 cm³/mol. The lowest BCUT2D eigenvalue weighted by molar-refractivity contribution is 0.0703. The minimum Gasteiger partial charge on any atom is -0.337 e. The number of rotatable bonds is 5. The van der Waals surface area contributed by atoms with Gasteiger partial charge in [-0.1, -0.05) is 0 Å². The van der Waals surface area contributed by atoms with Gasteiger partial charge in [-0.05, 0) is 58.5 Å². The molecule has 154 valence electrons. The quantitative estimate of drug-likeness (QED) is 0.773. The van der Waals surface area contributed by atoms with Crippen molar-refractivity contribution in [1.82, 2.24) is 34.5 Å². The smallest absolute Gasteiger partial charge is 0.274 e. The molecule has 0 atom stereocenters. The van der Waals surface area contributed by atoms with Gasteiger partial charge < -0.3 is 9.47 Å². The molecule has 5 rings (SSSR count). The third-order valence-corrected chi connectivity index (χ3v) is 6.42. The molecule has 2 aromatic heterocycles. The molecule has 0 N–H and O–H groups in total. The Morgan fingerprint density at radius 2 is 1.76 bits per heavy atom. The Morgan fingerprint density at radius 3 is 2.41 bits per heavy atom. The fourth-order valence-corrected chi connectivity index (χ4v) is 4.60. The number of piperidine rings is 1. The number of hydrogen-bond donors (Lipinski definition) is 0. The Morgan fingerprint density at radius 1 is 1.00 bits per heavy atom. The fraction of sp³-hybridized carbons (Fsp3) is 0.667. The maximum absolute atomic E-state index is 12.7. The minimum atomic E-state index is -0.0191. The van der Waals surface area contributed by atoms with E-state index in [2.05, 4.69) is 29.6 Å². The molecule has 3 fully saturated rings. The van der Waals surface area contributed by atoms with E-state index >= 15 is 0 Å². The molecule has 1 aliphatic carbocycles. The topological polar surface area (TPSA) is 80.0 Å². The first-order valence-electron chi connectivity index (χ1n) is 10.9. The highest BCUT2D eigenvalue weighted by Gasteiger charge is 2.35. The molecule has 8 heteroatoms. The molecule has 8 nitrogen and oxygen atoms in total. The van der Waals surface area contributed by atoms with Gasteiger partial charge in [0.15, 0.2) is 0 Å². The van der Waals surface area contributed by atoms with Gasteiger partial charge in [-0.15, -0.1) is 10.2 Å². The number of aromatic nitrogens is 5. The number of likely N-dealkylation sites (tertiary alicyclic amines) is 2. The van der Waals surface area contributed by atoms with Crippen LogP contribution in [0.3, 0.4) is 0 Å². The van der Waals surface area contributed by atoms with Crippen LogP contribution in [0.1, 0.15) is 78.3 Å². The van der Waals surface area contributed by atoms with E-state index in [9.17, 15) is 4.79 Å². The molecule has 0 radical (unpaired) electrons. The zero-order valence-corrected chi connectivity index (χ0v) is 17.1. The van der Waals surface area contributed by atoms with E-state index in [1.807, 2.05) is 11.8 Å². The molecule has 0 spiro atoms. The first-order valence-corrected chi connectivity index (χ1v) is 10.9. The highest BCUT2D eigenvalue weighted by molar-refractivity contribution is 5.92. The summed E-state index contributed by atoms with van der Waals surface area (Å²) in [4.78, 5) is 25.6. The number of carbonyl (C=O) groups excluding carboxylic acids is 1. The van der Waals surface area contributed by atoms with E-state index in [1.165, 1.54) is 38.8 Å². The molecule has 1 amide bonds. The van der Waals surface area contributed by atoms with Crippen LogP contribution in [-0.4, -0.2) is 66.6 Å². The van der Waals surface area contributed by atoms with E-state index in [0.717, 1.165) is 49.8 Å². The third kappa shape index (κ3) is 3.90. The summed E-state index contributed by atoms with van der Waals surface area (Å²) >= 11 is 0. The SMILES string of the molecule is Cc1cnc(C(=O)N2CCC(c3nnc(CN4CCCC4)n3C3CC3)CC2)cn1. The van der Waals surface area contributed by atoms with Gasteiger partial charge in [-0.25, -0.2) is 4.98 Å². The van der Waals surface area contributed by atoms with Crippen LogP contribution in [0.25, 0.3) is 0 Å².